The van der Waals surface area contributed by atoms with E-state index in [1.807, 2.05) is 9.80 Å². The van der Waals surface area contributed by atoms with Gasteiger partial charge in [0.15, 0.2) is 0 Å². The van der Waals surface area contributed by atoms with E-state index in [2.05, 4.69) is 0 Å². The number of unbranched alkanes of at least 4 members (excludes halogenated alkanes) is 1. The lowest BCUT2D eigenvalue weighted by Crippen LogP contribution is -2.36. The van der Waals surface area contributed by atoms with Crippen molar-refractivity contribution in [1.82, 2.24) is 9.80 Å². The van der Waals surface area contributed by atoms with Crippen LogP contribution >= 0.6 is 0 Å². The number of likely N-dealkylation sites (tertiary alicyclic amines) is 2. The molecule has 2 fully saturated rings. The van der Waals surface area contributed by atoms with Crippen molar-refractivity contribution in [1.29, 1.82) is 0 Å². The van der Waals surface area contributed by atoms with Gasteiger partial charge in [0.2, 0.25) is 5.91 Å². The maximum absolute atomic E-state index is 11.6. The average molecular weight is 270 g/mol. The van der Waals surface area contributed by atoms with Crippen molar-refractivity contribution in [3.8, 4) is 0 Å². The number of rotatable bonds is 7. The molecule has 2 aliphatic rings. The van der Waals surface area contributed by atoms with Crippen LogP contribution in [0.2, 0.25) is 0 Å². The minimum Gasteiger partial charge on any atom is -0.378 e. The van der Waals surface area contributed by atoms with Gasteiger partial charge >= 0.3 is 0 Å². The number of hydrogen-bond acceptors (Lipinski definition) is 4. The molecule has 2 aliphatic heterocycles. The molecule has 0 radical (unpaired) electrons. The van der Waals surface area contributed by atoms with Gasteiger partial charge in [-0.3, -0.25) is 9.69 Å². The van der Waals surface area contributed by atoms with E-state index in [4.69, 9.17) is 4.74 Å². The van der Waals surface area contributed by atoms with E-state index in [0.717, 1.165) is 64.6 Å². The second kappa shape index (κ2) is 7.82. The van der Waals surface area contributed by atoms with E-state index < -0.39 is 0 Å². The number of ether oxygens (including phenoxy) is 1. The Bertz CT molecular complexity index is 286. The highest BCUT2D eigenvalue weighted by Gasteiger charge is 2.21. The van der Waals surface area contributed by atoms with Crippen LogP contribution in [0.15, 0.2) is 0 Å². The molecule has 110 valence electrons. The van der Waals surface area contributed by atoms with Gasteiger partial charge in [-0.2, -0.15) is 0 Å². The van der Waals surface area contributed by atoms with E-state index in [9.17, 15) is 9.90 Å². The largest absolute Gasteiger partial charge is 0.378 e. The molecule has 19 heavy (non-hydrogen) atoms. The first kappa shape index (κ1) is 14.8. The molecule has 2 heterocycles. The summed E-state index contributed by atoms with van der Waals surface area (Å²) < 4.78 is 5.57. The summed E-state index contributed by atoms with van der Waals surface area (Å²) in [5.74, 6) is 0.312. The third-order valence-corrected chi connectivity index (χ3v) is 3.97. The molecule has 1 atom stereocenters. The first-order chi connectivity index (χ1) is 9.27. The molecule has 1 N–H and O–H groups in total. The van der Waals surface area contributed by atoms with Crippen LogP contribution in [-0.2, 0) is 9.53 Å². The third-order valence-electron chi connectivity index (χ3n) is 3.97. The van der Waals surface area contributed by atoms with Gasteiger partial charge in [0.05, 0.1) is 0 Å². The quantitative estimate of drug-likeness (QED) is 0.706. The van der Waals surface area contributed by atoms with Gasteiger partial charge in [0, 0.05) is 32.7 Å². The Morgan fingerprint density at radius 2 is 2.11 bits per heavy atom. The topological polar surface area (TPSA) is 53.0 Å². The Morgan fingerprint density at radius 3 is 2.84 bits per heavy atom. The number of amides is 1. The van der Waals surface area contributed by atoms with Gasteiger partial charge in [-0.25, -0.2) is 0 Å². The number of piperidine rings is 1. The predicted molar refractivity (Wildman–Crippen MR) is 72.4 cm³/mol. The molecule has 5 heteroatoms. The van der Waals surface area contributed by atoms with Crippen LogP contribution in [0, 0.1) is 0 Å². The summed E-state index contributed by atoms with van der Waals surface area (Å²) in [6.45, 7) is 3.98. The Hall–Kier alpha value is -0.650. The van der Waals surface area contributed by atoms with Crippen LogP contribution in [0.4, 0.5) is 0 Å². The van der Waals surface area contributed by atoms with Gasteiger partial charge < -0.3 is 14.7 Å². The molecule has 0 bridgehead atoms. The summed E-state index contributed by atoms with van der Waals surface area (Å²) >= 11 is 0. The van der Waals surface area contributed by atoms with Crippen molar-refractivity contribution in [3.05, 3.63) is 0 Å². The van der Waals surface area contributed by atoms with Gasteiger partial charge in [0.25, 0.3) is 0 Å². The van der Waals surface area contributed by atoms with Gasteiger partial charge in [-0.1, -0.05) is 0 Å². The zero-order chi connectivity index (χ0) is 13.5. The van der Waals surface area contributed by atoms with Crippen LogP contribution in [0.3, 0.4) is 0 Å². The highest BCUT2D eigenvalue weighted by Crippen LogP contribution is 2.14. The number of nitrogens with zero attached hydrogens (tertiary/aromatic N) is 2. The molecule has 1 unspecified atom stereocenters. The fraction of sp³-hybridized carbons (Fsp3) is 0.929. The number of carbonyl (C=O) groups excluding carboxylic acids is 1. The normalized spacial score (nSPS) is 25.2. The van der Waals surface area contributed by atoms with E-state index in [0.29, 0.717) is 19.2 Å². The molecule has 2 rings (SSSR count). The number of carbonyl (C=O) groups is 1. The zero-order valence-electron chi connectivity index (χ0n) is 11.7. The van der Waals surface area contributed by atoms with E-state index in [1.165, 1.54) is 0 Å². The Balaban J connectivity index is 1.47. The molecule has 0 aromatic heterocycles. The molecule has 0 aromatic rings. The number of hydrogen-bond donors (Lipinski definition) is 1. The van der Waals surface area contributed by atoms with Gasteiger partial charge in [-0.05, 0) is 38.5 Å². The van der Waals surface area contributed by atoms with Crippen LogP contribution in [0.1, 0.15) is 44.9 Å². The predicted octanol–water partition coefficient (Wildman–Crippen LogP) is 1.17. The lowest BCUT2D eigenvalue weighted by molar-refractivity contribution is -0.133. The maximum atomic E-state index is 11.6. The first-order valence-corrected chi connectivity index (χ1v) is 7.55. The summed E-state index contributed by atoms with van der Waals surface area (Å²) in [6.07, 6.45) is 6.52. The van der Waals surface area contributed by atoms with E-state index in [1.54, 1.807) is 0 Å². The minimum absolute atomic E-state index is 0.312. The lowest BCUT2D eigenvalue weighted by atomic mass is 10.1. The standard InChI is InChI=1S/C14H26N2O3/c17-13-6-1-2-8-15(13)9-3-4-11-19-12-16-10-5-7-14(16)18/h14,18H,1-12H2. The number of aliphatic hydroxyl groups excluding tert-OH is 1. The van der Waals surface area contributed by atoms with Crippen molar-refractivity contribution in [3.63, 3.8) is 0 Å². The lowest BCUT2D eigenvalue weighted by Gasteiger charge is -2.26. The molecule has 1 amide bonds. The molecular weight excluding hydrogens is 244 g/mol. The van der Waals surface area contributed by atoms with Crippen molar-refractivity contribution < 1.29 is 14.6 Å². The van der Waals surface area contributed by atoms with Crippen molar-refractivity contribution in [2.45, 2.75) is 51.2 Å². The minimum atomic E-state index is -0.314. The summed E-state index contributed by atoms with van der Waals surface area (Å²) in [5, 5.41) is 9.59. The van der Waals surface area contributed by atoms with Crippen molar-refractivity contribution in [2.24, 2.45) is 0 Å². The number of aliphatic hydroxyl groups is 1. The van der Waals surface area contributed by atoms with E-state index >= 15 is 0 Å². The molecule has 0 aliphatic carbocycles. The van der Waals surface area contributed by atoms with Crippen LogP contribution in [0.25, 0.3) is 0 Å². The SMILES string of the molecule is O=C1CCCCN1CCCCOCN1CCCC1O. The fourth-order valence-electron chi connectivity index (χ4n) is 2.75. The molecule has 2 saturated heterocycles. The molecule has 0 aromatic carbocycles. The Labute approximate surface area is 115 Å². The molecule has 0 spiro atoms. The summed E-state index contributed by atoms with van der Waals surface area (Å²) in [6, 6.07) is 0. The monoisotopic (exact) mass is 270 g/mol. The first-order valence-electron chi connectivity index (χ1n) is 7.55. The van der Waals surface area contributed by atoms with Crippen LogP contribution < -0.4 is 0 Å². The fourth-order valence-corrected chi connectivity index (χ4v) is 2.75. The second-order valence-electron chi connectivity index (χ2n) is 5.52. The van der Waals surface area contributed by atoms with Crippen molar-refractivity contribution >= 4 is 5.91 Å². The summed E-state index contributed by atoms with van der Waals surface area (Å²) in [4.78, 5) is 15.5. The van der Waals surface area contributed by atoms with Crippen LogP contribution in [0.5, 0.6) is 0 Å². The van der Waals surface area contributed by atoms with Gasteiger partial charge in [0.1, 0.15) is 13.0 Å². The second-order valence-corrected chi connectivity index (χ2v) is 5.52. The van der Waals surface area contributed by atoms with E-state index in [-0.39, 0.29) is 6.23 Å². The van der Waals surface area contributed by atoms with Crippen molar-refractivity contribution in [2.75, 3.05) is 33.0 Å². The molecular formula is C14H26N2O3. The Kier molecular flexibility index (Phi) is 6.07. The highest BCUT2D eigenvalue weighted by molar-refractivity contribution is 5.76. The molecule has 5 nitrogen and oxygen atoms in total. The third kappa shape index (κ3) is 4.75. The average Bonchev–Trinajstić information content (AvgIpc) is 2.81. The summed E-state index contributed by atoms with van der Waals surface area (Å²) in [7, 11) is 0. The Morgan fingerprint density at radius 1 is 1.21 bits per heavy atom. The summed E-state index contributed by atoms with van der Waals surface area (Å²) in [5.41, 5.74) is 0. The van der Waals surface area contributed by atoms with Crippen LogP contribution in [-0.4, -0.2) is 60.0 Å². The zero-order valence-corrected chi connectivity index (χ0v) is 11.7. The molecule has 0 saturated carbocycles. The smallest absolute Gasteiger partial charge is 0.222 e. The highest BCUT2D eigenvalue weighted by atomic mass is 16.5. The van der Waals surface area contributed by atoms with Gasteiger partial charge in [-0.15, -0.1) is 0 Å². The maximum Gasteiger partial charge on any atom is 0.222 e.